The van der Waals surface area contributed by atoms with E-state index in [0.29, 0.717) is 11.2 Å². The SMILES string of the molecule is CCC(CC)n1cc(C(=O)NCCC(=O)O)c(=O)c2cc(F)c(NC3CCCCC3)cc21.c1ccccc1. The van der Waals surface area contributed by atoms with Gasteiger partial charge in [0.25, 0.3) is 5.91 Å². The number of carbonyl (C=O) groups excluding carboxylic acids is 1. The summed E-state index contributed by atoms with van der Waals surface area (Å²) >= 11 is 0. The molecular weight excluding hydrogens is 485 g/mol. The van der Waals surface area contributed by atoms with Crippen LogP contribution in [-0.4, -0.2) is 34.1 Å². The molecule has 1 aliphatic carbocycles. The average molecular weight is 524 g/mol. The standard InChI is InChI=1S/C24H32FN3O4.C6H6/c1-3-16(4-2)28-14-18(24(32)26-11-10-22(29)30)23(31)17-12-19(25)20(13-21(17)28)27-15-8-6-5-7-9-15;1-2-4-6-5-3-1/h12-16,27H,3-11H2,1-2H3,(H,26,32)(H,29,30);1-6H. The lowest BCUT2D eigenvalue weighted by Crippen LogP contribution is -2.32. The molecule has 204 valence electrons. The van der Waals surface area contributed by atoms with Crippen LogP contribution in [-0.2, 0) is 4.79 Å². The second-order valence-corrected chi connectivity index (χ2v) is 9.63. The third-order valence-electron chi connectivity index (χ3n) is 6.96. The maximum atomic E-state index is 15.0. The van der Waals surface area contributed by atoms with E-state index in [1.165, 1.54) is 18.7 Å². The Kier molecular flexibility index (Phi) is 10.9. The number of nitrogens with one attached hydrogen (secondary N) is 2. The molecule has 0 spiro atoms. The van der Waals surface area contributed by atoms with E-state index in [1.807, 2.05) is 54.8 Å². The molecule has 0 unspecified atom stereocenters. The number of benzene rings is 2. The van der Waals surface area contributed by atoms with E-state index in [2.05, 4.69) is 10.6 Å². The predicted octanol–water partition coefficient (Wildman–Crippen LogP) is 6.14. The Morgan fingerprint density at radius 2 is 1.63 bits per heavy atom. The number of halogens is 1. The summed E-state index contributed by atoms with van der Waals surface area (Å²) in [4.78, 5) is 36.5. The molecule has 1 aromatic heterocycles. The molecule has 3 N–H and O–H groups in total. The molecule has 0 atom stereocenters. The molecule has 4 rings (SSSR count). The molecule has 1 heterocycles. The quantitative estimate of drug-likeness (QED) is 0.313. The first-order chi connectivity index (χ1) is 18.3. The fourth-order valence-corrected chi connectivity index (χ4v) is 4.86. The van der Waals surface area contributed by atoms with Gasteiger partial charge in [-0.1, -0.05) is 69.5 Å². The normalized spacial score (nSPS) is 13.6. The summed E-state index contributed by atoms with van der Waals surface area (Å²) in [7, 11) is 0. The number of hydrogen-bond donors (Lipinski definition) is 3. The molecule has 0 bridgehead atoms. The molecular formula is C30H38FN3O4. The molecule has 7 nitrogen and oxygen atoms in total. The summed E-state index contributed by atoms with van der Waals surface area (Å²) in [6.07, 6.45) is 8.25. The maximum absolute atomic E-state index is 15.0. The highest BCUT2D eigenvalue weighted by Gasteiger charge is 2.21. The van der Waals surface area contributed by atoms with Crippen LogP contribution in [0.4, 0.5) is 10.1 Å². The number of fused-ring (bicyclic) bond motifs is 1. The minimum absolute atomic E-state index is 0.0247. The minimum Gasteiger partial charge on any atom is -0.481 e. The van der Waals surface area contributed by atoms with Gasteiger partial charge in [0, 0.05) is 30.2 Å². The van der Waals surface area contributed by atoms with Crippen molar-refractivity contribution in [2.24, 2.45) is 0 Å². The van der Waals surface area contributed by atoms with Gasteiger partial charge in [-0.15, -0.1) is 0 Å². The Morgan fingerprint density at radius 3 is 2.18 bits per heavy atom. The number of pyridine rings is 1. The number of anilines is 1. The predicted molar refractivity (Wildman–Crippen MR) is 149 cm³/mol. The fraction of sp³-hybridized carbons (Fsp3) is 0.433. The van der Waals surface area contributed by atoms with Crippen molar-refractivity contribution in [2.45, 2.75) is 77.3 Å². The molecule has 1 saturated carbocycles. The van der Waals surface area contributed by atoms with Crippen LogP contribution in [0.3, 0.4) is 0 Å². The van der Waals surface area contributed by atoms with Crippen molar-refractivity contribution in [3.8, 4) is 0 Å². The van der Waals surface area contributed by atoms with E-state index < -0.39 is 23.1 Å². The molecule has 2 aromatic carbocycles. The minimum atomic E-state index is -1.04. The summed E-state index contributed by atoms with van der Waals surface area (Å²) in [5.41, 5.74) is 0.299. The Balaban J connectivity index is 0.000000585. The topological polar surface area (TPSA) is 100 Å². The number of carboxylic acid groups (broad SMARTS) is 1. The largest absolute Gasteiger partial charge is 0.481 e. The first-order valence-corrected chi connectivity index (χ1v) is 13.5. The van der Waals surface area contributed by atoms with Crippen molar-refractivity contribution in [3.63, 3.8) is 0 Å². The van der Waals surface area contributed by atoms with Gasteiger partial charge in [-0.05, 0) is 37.8 Å². The summed E-state index contributed by atoms with van der Waals surface area (Å²) in [6.45, 7) is 3.96. The number of amides is 1. The Bertz CT molecular complexity index is 1240. The van der Waals surface area contributed by atoms with Crippen LogP contribution < -0.4 is 16.1 Å². The highest BCUT2D eigenvalue weighted by atomic mass is 19.1. The van der Waals surface area contributed by atoms with Crippen LogP contribution in [0.15, 0.2) is 59.5 Å². The van der Waals surface area contributed by atoms with E-state index in [0.717, 1.165) is 38.5 Å². The fourth-order valence-electron chi connectivity index (χ4n) is 4.86. The van der Waals surface area contributed by atoms with E-state index in [4.69, 9.17) is 5.11 Å². The molecule has 38 heavy (non-hydrogen) atoms. The van der Waals surface area contributed by atoms with E-state index in [1.54, 1.807) is 6.07 Å². The van der Waals surface area contributed by atoms with Gasteiger partial charge in [0.15, 0.2) is 0 Å². The van der Waals surface area contributed by atoms with Gasteiger partial charge in [0.1, 0.15) is 11.4 Å². The number of carbonyl (C=O) groups is 2. The zero-order chi connectivity index (χ0) is 27.5. The van der Waals surface area contributed by atoms with E-state index >= 15 is 0 Å². The molecule has 1 aliphatic rings. The molecule has 8 heteroatoms. The van der Waals surface area contributed by atoms with Gasteiger partial charge in [-0.3, -0.25) is 14.4 Å². The molecule has 0 saturated heterocycles. The molecule has 3 aromatic rings. The van der Waals surface area contributed by atoms with Crippen molar-refractivity contribution in [1.29, 1.82) is 0 Å². The maximum Gasteiger partial charge on any atom is 0.305 e. The zero-order valence-electron chi connectivity index (χ0n) is 22.2. The molecule has 0 aliphatic heterocycles. The number of hydrogen-bond acceptors (Lipinski definition) is 4. The Labute approximate surface area is 223 Å². The monoisotopic (exact) mass is 523 g/mol. The average Bonchev–Trinajstić information content (AvgIpc) is 2.93. The van der Waals surface area contributed by atoms with Gasteiger partial charge in [-0.2, -0.15) is 0 Å². The van der Waals surface area contributed by atoms with E-state index in [-0.39, 0.29) is 36.0 Å². The van der Waals surface area contributed by atoms with Gasteiger partial charge in [0.2, 0.25) is 5.43 Å². The van der Waals surface area contributed by atoms with Crippen molar-refractivity contribution in [3.05, 3.63) is 76.3 Å². The summed E-state index contributed by atoms with van der Waals surface area (Å²) in [5.74, 6) is -2.21. The van der Waals surface area contributed by atoms with E-state index in [9.17, 15) is 18.8 Å². The summed E-state index contributed by atoms with van der Waals surface area (Å²) < 4.78 is 16.9. The van der Waals surface area contributed by atoms with Crippen molar-refractivity contribution < 1.29 is 19.1 Å². The second kappa shape index (κ2) is 14.3. The van der Waals surface area contributed by atoms with Crippen LogP contribution in [0, 0.1) is 5.82 Å². The zero-order valence-corrected chi connectivity index (χ0v) is 22.2. The van der Waals surface area contributed by atoms with Gasteiger partial charge < -0.3 is 20.3 Å². The van der Waals surface area contributed by atoms with Gasteiger partial charge >= 0.3 is 5.97 Å². The third kappa shape index (κ3) is 7.66. The lowest BCUT2D eigenvalue weighted by Gasteiger charge is -2.25. The first-order valence-electron chi connectivity index (χ1n) is 13.5. The highest BCUT2D eigenvalue weighted by molar-refractivity contribution is 5.98. The van der Waals surface area contributed by atoms with Crippen LogP contribution in [0.1, 0.15) is 81.6 Å². The van der Waals surface area contributed by atoms with Gasteiger partial charge in [-0.25, -0.2) is 4.39 Å². The lowest BCUT2D eigenvalue weighted by atomic mass is 9.95. The lowest BCUT2D eigenvalue weighted by molar-refractivity contribution is -0.136. The van der Waals surface area contributed by atoms with Crippen molar-refractivity contribution >= 4 is 28.5 Å². The Hall–Kier alpha value is -3.68. The number of aliphatic carboxylic acids is 1. The van der Waals surface area contributed by atoms with Crippen molar-refractivity contribution in [2.75, 3.05) is 11.9 Å². The second-order valence-electron chi connectivity index (χ2n) is 9.63. The van der Waals surface area contributed by atoms with Crippen LogP contribution in [0.25, 0.3) is 10.9 Å². The van der Waals surface area contributed by atoms with Crippen LogP contribution in [0.2, 0.25) is 0 Å². The molecule has 1 fully saturated rings. The number of aromatic nitrogens is 1. The number of carboxylic acids is 1. The van der Waals surface area contributed by atoms with Gasteiger partial charge in [0.05, 0.1) is 17.6 Å². The molecule has 1 amide bonds. The number of nitrogens with zero attached hydrogens (tertiary/aromatic N) is 1. The van der Waals surface area contributed by atoms with Crippen LogP contribution in [0.5, 0.6) is 0 Å². The van der Waals surface area contributed by atoms with Crippen LogP contribution >= 0.6 is 0 Å². The highest BCUT2D eigenvalue weighted by Crippen LogP contribution is 2.29. The number of rotatable bonds is 9. The summed E-state index contributed by atoms with van der Waals surface area (Å²) in [5, 5.41) is 14.7. The summed E-state index contributed by atoms with van der Waals surface area (Å²) in [6, 6.07) is 15.1. The Morgan fingerprint density at radius 1 is 1.03 bits per heavy atom. The smallest absolute Gasteiger partial charge is 0.305 e. The molecule has 0 radical (unpaired) electrons. The van der Waals surface area contributed by atoms with Crippen molar-refractivity contribution in [1.82, 2.24) is 9.88 Å². The first kappa shape index (κ1) is 28.9. The third-order valence-corrected chi connectivity index (χ3v) is 6.96.